The highest BCUT2D eigenvalue weighted by Crippen LogP contribution is 2.22. The van der Waals surface area contributed by atoms with E-state index in [-0.39, 0.29) is 17.9 Å². The van der Waals surface area contributed by atoms with Crippen molar-refractivity contribution >= 4 is 11.9 Å². The number of carbonyl (C=O) groups excluding carboxylic acids is 1. The second-order valence-corrected chi connectivity index (χ2v) is 5.88. The van der Waals surface area contributed by atoms with Crippen LogP contribution >= 0.6 is 0 Å². The smallest absolute Gasteiger partial charge is 0.228 e. The SMILES string of the molecule is CCCC(C)NC(=O)C1CCCN(c2nccc(OC)n2)C1. The summed E-state index contributed by atoms with van der Waals surface area (Å²) >= 11 is 0. The van der Waals surface area contributed by atoms with Gasteiger partial charge in [-0.3, -0.25) is 4.79 Å². The first-order valence-electron chi connectivity index (χ1n) is 8.06. The first kappa shape index (κ1) is 16.5. The molecule has 0 saturated carbocycles. The lowest BCUT2D eigenvalue weighted by Gasteiger charge is -2.32. The number of nitrogens with one attached hydrogen (secondary N) is 1. The third-order valence-corrected chi connectivity index (χ3v) is 4.01. The lowest BCUT2D eigenvalue weighted by molar-refractivity contribution is -0.125. The van der Waals surface area contributed by atoms with E-state index in [1.54, 1.807) is 19.4 Å². The van der Waals surface area contributed by atoms with Gasteiger partial charge in [0.05, 0.1) is 13.0 Å². The zero-order valence-corrected chi connectivity index (χ0v) is 13.7. The maximum atomic E-state index is 12.4. The van der Waals surface area contributed by atoms with E-state index in [0.29, 0.717) is 18.4 Å². The third-order valence-electron chi connectivity index (χ3n) is 4.01. The number of methoxy groups -OCH3 is 1. The molecule has 2 heterocycles. The van der Waals surface area contributed by atoms with Crippen LogP contribution in [0.15, 0.2) is 12.3 Å². The molecule has 0 aliphatic carbocycles. The number of hydrogen-bond donors (Lipinski definition) is 1. The standard InChI is InChI=1S/C16H26N4O2/c1-4-6-12(2)18-15(21)13-7-5-10-20(11-13)16-17-9-8-14(19-16)22-3/h8-9,12-13H,4-7,10-11H2,1-3H3,(H,18,21). The lowest BCUT2D eigenvalue weighted by Crippen LogP contribution is -2.45. The van der Waals surface area contributed by atoms with E-state index < -0.39 is 0 Å². The first-order valence-corrected chi connectivity index (χ1v) is 8.06. The van der Waals surface area contributed by atoms with Crippen LogP contribution in [-0.2, 0) is 4.79 Å². The molecular formula is C16H26N4O2. The Morgan fingerprint density at radius 2 is 2.41 bits per heavy atom. The minimum atomic E-state index is 0.00265. The Bertz CT molecular complexity index is 495. The Kier molecular flexibility index (Phi) is 5.98. The fourth-order valence-corrected chi connectivity index (χ4v) is 2.84. The molecule has 1 aliphatic heterocycles. The number of carbonyl (C=O) groups is 1. The molecule has 1 saturated heterocycles. The molecule has 0 radical (unpaired) electrons. The molecule has 1 aliphatic rings. The van der Waals surface area contributed by atoms with Gasteiger partial charge in [-0.25, -0.2) is 4.98 Å². The van der Waals surface area contributed by atoms with Gasteiger partial charge in [-0.2, -0.15) is 4.98 Å². The molecule has 0 aromatic carbocycles. The van der Waals surface area contributed by atoms with E-state index in [4.69, 9.17) is 4.74 Å². The fraction of sp³-hybridized carbons (Fsp3) is 0.688. The van der Waals surface area contributed by atoms with Crippen LogP contribution in [0, 0.1) is 5.92 Å². The van der Waals surface area contributed by atoms with Crippen molar-refractivity contribution in [3.8, 4) is 5.88 Å². The molecule has 1 fully saturated rings. The average Bonchev–Trinajstić information content (AvgIpc) is 2.55. The summed E-state index contributed by atoms with van der Waals surface area (Å²) in [6, 6.07) is 1.96. The van der Waals surface area contributed by atoms with Gasteiger partial charge in [0.25, 0.3) is 0 Å². The van der Waals surface area contributed by atoms with E-state index in [1.165, 1.54) is 0 Å². The molecule has 1 amide bonds. The van der Waals surface area contributed by atoms with Crippen LogP contribution in [-0.4, -0.2) is 42.1 Å². The Morgan fingerprint density at radius 3 is 3.14 bits per heavy atom. The van der Waals surface area contributed by atoms with Crippen molar-refractivity contribution in [2.24, 2.45) is 5.92 Å². The molecule has 22 heavy (non-hydrogen) atoms. The van der Waals surface area contributed by atoms with Crippen LogP contribution in [0.25, 0.3) is 0 Å². The number of piperidine rings is 1. The topological polar surface area (TPSA) is 67.4 Å². The van der Waals surface area contributed by atoms with Crippen LogP contribution in [0.1, 0.15) is 39.5 Å². The van der Waals surface area contributed by atoms with E-state index in [2.05, 4.69) is 34.0 Å². The van der Waals surface area contributed by atoms with Gasteiger partial charge in [0, 0.05) is 31.4 Å². The maximum Gasteiger partial charge on any atom is 0.228 e. The summed E-state index contributed by atoms with van der Waals surface area (Å²) in [6.45, 7) is 5.73. The summed E-state index contributed by atoms with van der Waals surface area (Å²) in [7, 11) is 1.59. The molecule has 122 valence electrons. The summed E-state index contributed by atoms with van der Waals surface area (Å²) in [6.07, 6.45) is 5.68. The highest BCUT2D eigenvalue weighted by atomic mass is 16.5. The number of nitrogens with zero attached hydrogens (tertiary/aromatic N) is 3. The van der Waals surface area contributed by atoms with Gasteiger partial charge < -0.3 is 15.0 Å². The Morgan fingerprint density at radius 1 is 1.59 bits per heavy atom. The number of ether oxygens (including phenoxy) is 1. The van der Waals surface area contributed by atoms with Crippen molar-refractivity contribution < 1.29 is 9.53 Å². The average molecular weight is 306 g/mol. The second kappa shape index (κ2) is 7.96. The summed E-state index contributed by atoms with van der Waals surface area (Å²) in [5.74, 6) is 1.34. The lowest BCUT2D eigenvalue weighted by atomic mass is 9.97. The van der Waals surface area contributed by atoms with Crippen molar-refractivity contribution in [3.05, 3.63) is 12.3 Å². The highest BCUT2D eigenvalue weighted by molar-refractivity contribution is 5.79. The highest BCUT2D eigenvalue weighted by Gasteiger charge is 2.27. The Labute approximate surface area is 132 Å². The summed E-state index contributed by atoms with van der Waals surface area (Å²) in [5.41, 5.74) is 0. The Hall–Kier alpha value is -1.85. The second-order valence-electron chi connectivity index (χ2n) is 5.88. The largest absolute Gasteiger partial charge is 0.481 e. The number of hydrogen-bond acceptors (Lipinski definition) is 5. The van der Waals surface area contributed by atoms with Gasteiger partial charge in [0.2, 0.25) is 17.7 Å². The van der Waals surface area contributed by atoms with Crippen molar-refractivity contribution in [2.45, 2.75) is 45.6 Å². The molecule has 1 N–H and O–H groups in total. The predicted octanol–water partition coefficient (Wildman–Crippen LogP) is 2.01. The van der Waals surface area contributed by atoms with Gasteiger partial charge in [-0.1, -0.05) is 13.3 Å². The monoisotopic (exact) mass is 306 g/mol. The zero-order valence-electron chi connectivity index (χ0n) is 13.7. The molecule has 1 aromatic heterocycles. The van der Waals surface area contributed by atoms with Crippen LogP contribution < -0.4 is 15.0 Å². The predicted molar refractivity (Wildman–Crippen MR) is 86.0 cm³/mol. The first-order chi connectivity index (χ1) is 10.6. The van der Waals surface area contributed by atoms with Gasteiger partial charge in [0.15, 0.2) is 0 Å². The van der Waals surface area contributed by atoms with Crippen LogP contribution in [0.3, 0.4) is 0 Å². The number of anilines is 1. The summed E-state index contributed by atoms with van der Waals surface area (Å²) in [5, 5.41) is 3.11. The van der Waals surface area contributed by atoms with Gasteiger partial charge in [-0.05, 0) is 26.2 Å². The Balaban J connectivity index is 1.97. The summed E-state index contributed by atoms with van der Waals surface area (Å²) < 4.78 is 5.14. The maximum absolute atomic E-state index is 12.4. The molecule has 2 atom stereocenters. The normalized spacial score (nSPS) is 19.6. The van der Waals surface area contributed by atoms with Crippen LogP contribution in [0.2, 0.25) is 0 Å². The molecule has 1 aromatic rings. The van der Waals surface area contributed by atoms with Crippen molar-refractivity contribution in [3.63, 3.8) is 0 Å². The number of rotatable bonds is 6. The molecule has 2 rings (SSSR count). The number of aromatic nitrogens is 2. The van der Waals surface area contributed by atoms with E-state index in [0.717, 1.165) is 32.2 Å². The van der Waals surface area contributed by atoms with Crippen LogP contribution in [0.4, 0.5) is 5.95 Å². The van der Waals surface area contributed by atoms with Crippen molar-refractivity contribution in [2.75, 3.05) is 25.1 Å². The quantitative estimate of drug-likeness (QED) is 0.871. The molecule has 6 nitrogen and oxygen atoms in total. The van der Waals surface area contributed by atoms with Crippen molar-refractivity contribution in [1.29, 1.82) is 0 Å². The van der Waals surface area contributed by atoms with Gasteiger partial charge >= 0.3 is 0 Å². The molecular weight excluding hydrogens is 280 g/mol. The van der Waals surface area contributed by atoms with Gasteiger partial charge in [-0.15, -0.1) is 0 Å². The molecule has 6 heteroatoms. The molecule has 2 unspecified atom stereocenters. The van der Waals surface area contributed by atoms with Gasteiger partial charge in [0.1, 0.15) is 0 Å². The molecule has 0 spiro atoms. The number of amides is 1. The molecule has 0 bridgehead atoms. The van der Waals surface area contributed by atoms with Crippen LogP contribution in [0.5, 0.6) is 5.88 Å². The minimum Gasteiger partial charge on any atom is -0.481 e. The minimum absolute atomic E-state index is 0.00265. The van der Waals surface area contributed by atoms with E-state index >= 15 is 0 Å². The third kappa shape index (κ3) is 4.32. The summed E-state index contributed by atoms with van der Waals surface area (Å²) in [4.78, 5) is 23.1. The van der Waals surface area contributed by atoms with Crippen molar-refractivity contribution in [1.82, 2.24) is 15.3 Å². The fourth-order valence-electron chi connectivity index (χ4n) is 2.84. The zero-order chi connectivity index (χ0) is 15.9. The van der Waals surface area contributed by atoms with E-state index in [9.17, 15) is 4.79 Å². The van der Waals surface area contributed by atoms with E-state index in [1.807, 2.05) is 0 Å².